The highest BCUT2D eigenvalue weighted by molar-refractivity contribution is 5.80. The summed E-state index contributed by atoms with van der Waals surface area (Å²) in [5, 5.41) is 3.35. The third kappa shape index (κ3) is 3.75. The molecule has 0 radical (unpaired) electrons. The van der Waals surface area contributed by atoms with Gasteiger partial charge < -0.3 is 14.8 Å². The Morgan fingerprint density at radius 3 is 3.04 bits per heavy atom. The van der Waals surface area contributed by atoms with Gasteiger partial charge in [0, 0.05) is 39.1 Å². The zero-order chi connectivity index (χ0) is 16.9. The maximum absolute atomic E-state index is 13.3. The van der Waals surface area contributed by atoms with Crippen molar-refractivity contribution in [1.29, 1.82) is 0 Å². The fraction of sp³-hybridized carbons (Fsp3) is 0.444. The van der Waals surface area contributed by atoms with Crippen LogP contribution in [0.5, 0.6) is 0 Å². The van der Waals surface area contributed by atoms with Crippen LogP contribution in [0.4, 0.5) is 4.39 Å². The van der Waals surface area contributed by atoms with Gasteiger partial charge in [0.15, 0.2) is 5.96 Å². The van der Waals surface area contributed by atoms with Crippen molar-refractivity contribution in [2.75, 3.05) is 20.1 Å². The average molecular weight is 329 g/mol. The zero-order valence-electron chi connectivity index (χ0n) is 14.2. The normalized spacial score (nSPS) is 21.8. The van der Waals surface area contributed by atoms with Gasteiger partial charge in [-0.1, -0.05) is 19.1 Å². The Labute approximate surface area is 142 Å². The first-order chi connectivity index (χ1) is 11.7. The highest BCUT2D eigenvalue weighted by atomic mass is 19.1. The molecule has 1 aliphatic rings. The molecule has 5 nitrogen and oxygen atoms in total. The quantitative estimate of drug-likeness (QED) is 0.696. The van der Waals surface area contributed by atoms with Crippen LogP contribution in [0.1, 0.15) is 24.9 Å². The van der Waals surface area contributed by atoms with Crippen molar-refractivity contribution < 1.29 is 4.39 Å². The summed E-state index contributed by atoms with van der Waals surface area (Å²) in [4.78, 5) is 10.8. The van der Waals surface area contributed by atoms with E-state index in [0.29, 0.717) is 18.5 Å². The zero-order valence-corrected chi connectivity index (χ0v) is 14.2. The maximum atomic E-state index is 13.3. The predicted octanol–water partition coefficient (Wildman–Crippen LogP) is 2.68. The first-order valence-electron chi connectivity index (χ1n) is 8.35. The second-order valence-corrected chi connectivity index (χ2v) is 6.32. The van der Waals surface area contributed by atoms with Gasteiger partial charge in [-0.15, -0.1) is 0 Å². The summed E-state index contributed by atoms with van der Waals surface area (Å²) in [6, 6.07) is 7.03. The number of guanidine groups is 1. The summed E-state index contributed by atoms with van der Waals surface area (Å²) < 4.78 is 15.5. The lowest BCUT2D eigenvalue weighted by atomic mass is 9.93. The average Bonchev–Trinajstić information content (AvgIpc) is 3.11. The van der Waals surface area contributed by atoms with E-state index in [1.807, 2.05) is 24.8 Å². The number of rotatable bonds is 3. The molecule has 1 aromatic carbocycles. The topological polar surface area (TPSA) is 45.5 Å². The Bertz CT molecular complexity index is 682. The first-order valence-corrected chi connectivity index (χ1v) is 8.35. The molecule has 0 spiro atoms. The summed E-state index contributed by atoms with van der Waals surface area (Å²) in [6.07, 6.45) is 6.83. The van der Waals surface area contributed by atoms with Gasteiger partial charge in [-0.2, -0.15) is 0 Å². The third-order valence-electron chi connectivity index (χ3n) is 4.68. The number of likely N-dealkylation sites (tertiary alicyclic amines) is 1. The van der Waals surface area contributed by atoms with Gasteiger partial charge in [0.1, 0.15) is 5.82 Å². The van der Waals surface area contributed by atoms with E-state index in [1.165, 1.54) is 6.07 Å². The fourth-order valence-corrected chi connectivity index (χ4v) is 3.26. The Kier molecular flexibility index (Phi) is 5.13. The second kappa shape index (κ2) is 7.47. The minimum atomic E-state index is -0.212. The summed E-state index contributed by atoms with van der Waals surface area (Å²) in [5.41, 5.74) is 0.910. The molecule has 1 aliphatic heterocycles. The first kappa shape index (κ1) is 16.5. The molecule has 0 amide bonds. The molecule has 0 bridgehead atoms. The lowest BCUT2D eigenvalue weighted by molar-refractivity contribution is 0.189. The number of halogens is 1. The molecule has 1 N–H and O–H groups in total. The highest BCUT2D eigenvalue weighted by Crippen LogP contribution is 2.27. The van der Waals surface area contributed by atoms with Crippen LogP contribution < -0.4 is 5.32 Å². The van der Waals surface area contributed by atoms with Gasteiger partial charge in [-0.05, 0) is 30.0 Å². The van der Waals surface area contributed by atoms with E-state index < -0.39 is 0 Å². The molecule has 24 heavy (non-hydrogen) atoms. The molecule has 1 aromatic heterocycles. The van der Waals surface area contributed by atoms with Crippen molar-refractivity contribution in [2.24, 2.45) is 10.9 Å². The number of hydrogen-bond acceptors (Lipinski definition) is 2. The van der Waals surface area contributed by atoms with Crippen LogP contribution in [0.3, 0.4) is 0 Å². The number of piperidine rings is 1. The summed E-state index contributed by atoms with van der Waals surface area (Å²) in [5.74, 6) is 1.24. The molecule has 2 unspecified atom stereocenters. The van der Waals surface area contributed by atoms with Crippen LogP contribution in [0.15, 0.2) is 48.0 Å². The number of imidazole rings is 1. The van der Waals surface area contributed by atoms with Gasteiger partial charge in [0.25, 0.3) is 0 Å². The molecule has 0 aliphatic carbocycles. The van der Waals surface area contributed by atoms with Crippen LogP contribution in [0.2, 0.25) is 0 Å². The summed E-state index contributed by atoms with van der Waals surface area (Å²) in [7, 11) is 1.79. The van der Waals surface area contributed by atoms with Gasteiger partial charge in [-0.3, -0.25) is 4.99 Å². The standard InChI is InChI=1S/C18H24FN5/c1-14-6-8-23(12-17(14)24-9-7-21-13-24)18(20-2)22-11-15-4-3-5-16(19)10-15/h3-5,7,9-10,13-14,17H,6,8,11-12H2,1-2H3,(H,20,22). The molecule has 2 heterocycles. The number of hydrogen-bond donors (Lipinski definition) is 1. The van der Waals surface area contributed by atoms with E-state index in [0.717, 1.165) is 31.0 Å². The number of aromatic nitrogens is 2. The molecule has 1 fully saturated rings. The predicted molar refractivity (Wildman–Crippen MR) is 93.2 cm³/mol. The van der Waals surface area contributed by atoms with E-state index in [4.69, 9.17) is 0 Å². The molecule has 1 saturated heterocycles. The second-order valence-electron chi connectivity index (χ2n) is 6.32. The Balaban J connectivity index is 1.65. The minimum Gasteiger partial charge on any atom is -0.352 e. The van der Waals surface area contributed by atoms with E-state index in [1.54, 1.807) is 19.2 Å². The summed E-state index contributed by atoms with van der Waals surface area (Å²) >= 11 is 0. The van der Waals surface area contributed by atoms with Crippen molar-refractivity contribution >= 4 is 5.96 Å². The molecule has 0 saturated carbocycles. The molecule has 128 valence electrons. The van der Waals surface area contributed by atoms with E-state index in [-0.39, 0.29) is 5.82 Å². The van der Waals surface area contributed by atoms with Crippen LogP contribution >= 0.6 is 0 Å². The van der Waals surface area contributed by atoms with E-state index >= 15 is 0 Å². The van der Waals surface area contributed by atoms with Crippen molar-refractivity contribution in [2.45, 2.75) is 25.9 Å². The van der Waals surface area contributed by atoms with Crippen molar-refractivity contribution in [1.82, 2.24) is 19.8 Å². The van der Waals surface area contributed by atoms with Crippen LogP contribution in [-0.4, -0.2) is 40.5 Å². The lowest BCUT2D eigenvalue weighted by Gasteiger charge is -2.39. The molecule has 2 atom stereocenters. The lowest BCUT2D eigenvalue weighted by Crippen LogP contribution is -2.48. The molecule has 6 heteroatoms. The van der Waals surface area contributed by atoms with Crippen molar-refractivity contribution in [3.05, 3.63) is 54.4 Å². The van der Waals surface area contributed by atoms with E-state index in [9.17, 15) is 4.39 Å². The number of nitrogens with zero attached hydrogens (tertiary/aromatic N) is 4. The van der Waals surface area contributed by atoms with Crippen LogP contribution in [-0.2, 0) is 6.54 Å². The Morgan fingerprint density at radius 1 is 1.46 bits per heavy atom. The van der Waals surface area contributed by atoms with Gasteiger partial charge in [0.2, 0.25) is 0 Å². The summed E-state index contributed by atoms with van der Waals surface area (Å²) in [6.45, 7) is 4.70. The number of nitrogens with one attached hydrogen (secondary N) is 1. The maximum Gasteiger partial charge on any atom is 0.193 e. The number of benzene rings is 1. The smallest absolute Gasteiger partial charge is 0.193 e. The van der Waals surface area contributed by atoms with Crippen molar-refractivity contribution in [3.8, 4) is 0 Å². The Hall–Kier alpha value is -2.37. The SMILES string of the molecule is CN=C(NCc1cccc(F)c1)N1CCC(C)C(n2ccnc2)C1. The van der Waals surface area contributed by atoms with Crippen LogP contribution in [0, 0.1) is 11.7 Å². The monoisotopic (exact) mass is 329 g/mol. The Morgan fingerprint density at radius 2 is 2.33 bits per heavy atom. The molecular weight excluding hydrogens is 305 g/mol. The molecule has 3 rings (SSSR count). The van der Waals surface area contributed by atoms with Gasteiger partial charge >= 0.3 is 0 Å². The van der Waals surface area contributed by atoms with Gasteiger partial charge in [-0.25, -0.2) is 9.37 Å². The largest absolute Gasteiger partial charge is 0.352 e. The van der Waals surface area contributed by atoms with Gasteiger partial charge in [0.05, 0.1) is 12.4 Å². The number of aliphatic imine (C=N–C) groups is 1. The highest BCUT2D eigenvalue weighted by Gasteiger charge is 2.28. The molecular formula is C18H24FN5. The molecule has 2 aromatic rings. The van der Waals surface area contributed by atoms with Crippen LogP contribution in [0.25, 0.3) is 0 Å². The third-order valence-corrected chi connectivity index (χ3v) is 4.68. The van der Waals surface area contributed by atoms with E-state index in [2.05, 4.69) is 31.7 Å². The minimum absolute atomic E-state index is 0.212. The fourth-order valence-electron chi connectivity index (χ4n) is 3.26. The van der Waals surface area contributed by atoms with Crippen molar-refractivity contribution in [3.63, 3.8) is 0 Å².